The highest BCUT2D eigenvalue weighted by Gasteiger charge is 2.15. The van der Waals surface area contributed by atoms with Crippen LogP contribution in [0.3, 0.4) is 0 Å². The van der Waals surface area contributed by atoms with E-state index in [1.807, 2.05) is 0 Å². The lowest BCUT2D eigenvalue weighted by Gasteiger charge is -2.06. The molecule has 1 aromatic carbocycles. The van der Waals surface area contributed by atoms with Crippen molar-refractivity contribution >= 4 is 15.9 Å². The van der Waals surface area contributed by atoms with Gasteiger partial charge in [0.05, 0.1) is 7.11 Å². The molecule has 0 fully saturated rings. The number of hydrogen-bond donors (Lipinski definition) is 2. The molecular formula is C7H6BrFO3. The van der Waals surface area contributed by atoms with E-state index in [-0.39, 0.29) is 16.0 Å². The Hall–Kier alpha value is -0.970. The van der Waals surface area contributed by atoms with Gasteiger partial charge in [0.15, 0.2) is 23.1 Å². The minimum Gasteiger partial charge on any atom is -0.504 e. The van der Waals surface area contributed by atoms with E-state index in [4.69, 9.17) is 5.11 Å². The molecule has 0 saturated carbocycles. The highest BCUT2D eigenvalue weighted by atomic mass is 79.9. The van der Waals surface area contributed by atoms with Crippen LogP contribution in [0.2, 0.25) is 0 Å². The Morgan fingerprint density at radius 3 is 2.50 bits per heavy atom. The standard InChI is InChI=1S/C7H6BrFO3/c1-12-4-2-3(9)6(10)5(8)7(4)11/h2,10-11H,1H3. The van der Waals surface area contributed by atoms with Crippen molar-refractivity contribution in [1.82, 2.24) is 0 Å². The van der Waals surface area contributed by atoms with Crippen molar-refractivity contribution in [3.05, 3.63) is 16.4 Å². The fourth-order valence-corrected chi connectivity index (χ4v) is 1.12. The Kier molecular flexibility index (Phi) is 2.42. The predicted octanol–water partition coefficient (Wildman–Crippen LogP) is 2.01. The first kappa shape index (κ1) is 9.12. The number of methoxy groups -OCH3 is 1. The summed E-state index contributed by atoms with van der Waals surface area (Å²) in [6, 6.07) is 0.898. The van der Waals surface area contributed by atoms with Gasteiger partial charge in [0.1, 0.15) is 4.47 Å². The van der Waals surface area contributed by atoms with E-state index in [0.717, 1.165) is 6.07 Å². The number of benzene rings is 1. The third kappa shape index (κ3) is 1.32. The molecule has 0 aliphatic carbocycles. The van der Waals surface area contributed by atoms with Gasteiger partial charge >= 0.3 is 0 Å². The first-order valence-electron chi connectivity index (χ1n) is 3.01. The fourth-order valence-electron chi connectivity index (χ4n) is 0.733. The molecule has 0 bridgehead atoms. The fraction of sp³-hybridized carbons (Fsp3) is 0.143. The van der Waals surface area contributed by atoms with Gasteiger partial charge in [-0.3, -0.25) is 0 Å². The van der Waals surface area contributed by atoms with Crippen LogP contribution in [-0.4, -0.2) is 17.3 Å². The quantitative estimate of drug-likeness (QED) is 0.785. The molecule has 1 rings (SSSR count). The van der Waals surface area contributed by atoms with Gasteiger partial charge < -0.3 is 14.9 Å². The maximum atomic E-state index is 12.7. The normalized spacial score (nSPS) is 9.92. The summed E-state index contributed by atoms with van der Waals surface area (Å²) in [5, 5.41) is 18.2. The van der Waals surface area contributed by atoms with Crippen molar-refractivity contribution < 1.29 is 19.3 Å². The molecule has 0 aliphatic rings. The van der Waals surface area contributed by atoms with Crippen LogP contribution in [0.4, 0.5) is 4.39 Å². The van der Waals surface area contributed by atoms with Crippen LogP contribution in [0.25, 0.3) is 0 Å². The summed E-state index contributed by atoms with van der Waals surface area (Å²) in [7, 11) is 1.29. The van der Waals surface area contributed by atoms with Crippen molar-refractivity contribution in [3.63, 3.8) is 0 Å². The number of phenols is 2. The SMILES string of the molecule is COc1cc(F)c(O)c(Br)c1O. The van der Waals surface area contributed by atoms with Crippen molar-refractivity contribution in [2.45, 2.75) is 0 Å². The number of phenolic OH excluding ortho intramolecular Hbond substituents is 2. The van der Waals surface area contributed by atoms with Crippen molar-refractivity contribution in [3.8, 4) is 17.2 Å². The van der Waals surface area contributed by atoms with Crippen LogP contribution in [0.5, 0.6) is 17.2 Å². The van der Waals surface area contributed by atoms with Gasteiger partial charge in [-0.1, -0.05) is 0 Å². The maximum Gasteiger partial charge on any atom is 0.176 e. The van der Waals surface area contributed by atoms with Crippen LogP contribution >= 0.6 is 15.9 Å². The highest BCUT2D eigenvalue weighted by Crippen LogP contribution is 2.41. The van der Waals surface area contributed by atoms with E-state index in [1.54, 1.807) is 0 Å². The van der Waals surface area contributed by atoms with Crippen LogP contribution in [0.15, 0.2) is 10.5 Å². The Labute approximate surface area is 76.5 Å². The summed E-state index contributed by atoms with van der Waals surface area (Å²) in [6.45, 7) is 0. The Bertz CT molecular complexity index is 314. The van der Waals surface area contributed by atoms with Gasteiger partial charge in [0, 0.05) is 6.07 Å². The topological polar surface area (TPSA) is 49.7 Å². The highest BCUT2D eigenvalue weighted by molar-refractivity contribution is 9.10. The number of hydrogen-bond acceptors (Lipinski definition) is 3. The number of ether oxygens (including phenoxy) is 1. The molecule has 5 heteroatoms. The molecule has 12 heavy (non-hydrogen) atoms. The Balaban J connectivity index is 3.39. The van der Waals surface area contributed by atoms with E-state index in [0.29, 0.717) is 0 Å². The summed E-state index contributed by atoms with van der Waals surface area (Å²) in [5.74, 6) is -1.83. The summed E-state index contributed by atoms with van der Waals surface area (Å²) < 4.78 is 17.3. The number of aromatic hydroxyl groups is 2. The van der Waals surface area contributed by atoms with E-state index in [1.165, 1.54) is 7.11 Å². The smallest absolute Gasteiger partial charge is 0.176 e. The molecular weight excluding hydrogens is 231 g/mol. The maximum absolute atomic E-state index is 12.7. The van der Waals surface area contributed by atoms with Gasteiger partial charge in [-0.25, -0.2) is 4.39 Å². The second kappa shape index (κ2) is 3.18. The zero-order valence-electron chi connectivity index (χ0n) is 6.14. The zero-order valence-corrected chi connectivity index (χ0v) is 7.72. The molecule has 3 nitrogen and oxygen atoms in total. The number of halogens is 2. The van der Waals surface area contributed by atoms with Crippen LogP contribution in [-0.2, 0) is 0 Å². The Morgan fingerprint density at radius 2 is 2.00 bits per heavy atom. The average molecular weight is 237 g/mol. The van der Waals surface area contributed by atoms with E-state index >= 15 is 0 Å². The third-order valence-electron chi connectivity index (χ3n) is 1.35. The lowest BCUT2D eigenvalue weighted by atomic mass is 10.3. The number of rotatable bonds is 1. The largest absolute Gasteiger partial charge is 0.504 e. The van der Waals surface area contributed by atoms with Gasteiger partial charge in [-0.15, -0.1) is 0 Å². The summed E-state index contributed by atoms with van der Waals surface area (Å²) in [5.41, 5.74) is 0. The summed E-state index contributed by atoms with van der Waals surface area (Å²) in [6.07, 6.45) is 0. The van der Waals surface area contributed by atoms with E-state index in [9.17, 15) is 9.50 Å². The zero-order chi connectivity index (χ0) is 9.30. The molecule has 0 spiro atoms. The lowest BCUT2D eigenvalue weighted by molar-refractivity contribution is 0.357. The van der Waals surface area contributed by atoms with E-state index < -0.39 is 11.6 Å². The average Bonchev–Trinajstić information content (AvgIpc) is 2.08. The predicted molar refractivity (Wildman–Crippen MR) is 44.0 cm³/mol. The van der Waals surface area contributed by atoms with Crippen molar-refractivity contribution in [2.75, 3.05) is 7.11 Å². The molecule has 1 aromatic rings. The molecule has 0 saturated heterocycles. The lowest BCUT2D eigenvalue weighted by Crippen LogP contribution is -1.87. The summed E-state index contributed by atoms with van der Waals surface area (Å²) >= 11 is 2.80. The third-order valence-corrected chi connectivity index (χ3v) is 2.10. The molecule has 0 aliphatic heterocycles. The monoisotopic (exact) mass is 236 g/mol. The summed E-state index contributed by atoms with van der Waals surface area (Å²) in [4.78, 5) is 0. The molecule has 0 unspecified atom stereocenters. The van der Waals surface area contributed by atoms with Crippen LogP contribution in [0.1, 0.15) is 0 Å². The Morgan fingerprint density at radius 1 is 1.42 bits per heavy atom. The molecule has 66 valence electrons. The van der Waals surface area contributed by atoms with Crippen LogP contribution in [0, 0.1) is 5.82 Å². The van der Waals surface area contributed by atoms with E-state index in [2.05, 4.69) is 20.7 Å². The van der Waals surface area contributed by atoms with Gasteiger partial charge in [-0.2, -0.15) is 0 Å². The van der Waals surface area contributed by atoms with Crippen molar-refractivity contribution in [1.29, 1.82) is 0 Å². The minimum atomic E-state index is -0.850. The molecule has 0 aromatic heterocycles. The van der Waals surface area contributed by atoms with Crippen LogP contribution < -0.4 is 4.74 Å². The first-order valence-corrected chi connectivity index (χ1v) is 3.81. The van der Waals surface area contributed by atoms with Gasteiger partial charge in [0.25, 0.3) is 0 Å². The molecule has 0 heterocycles. The van der Waals surface area contributed by atoms with Gasteiger partial charge in [0.2, 0.25) is 0 Å². The van der Waals surface area contributed by atoms with Crippen molar-refractivity contribution in [2.24, 2.45) is 0 Å². The second-order valence-electron chi connectivity index (χ2n) is 2.07. The van der Waals surface area contributed by atoms with Gasteiger partial charge in [-0.05, 0) is 15.9 Å². The molecule has 2 N–H and O–H groups in total. The minimum absolute atomic E-state index is 0.0304. The molecule has 0 atom stereocenters. The first-order chi connectivity index (χ1) is 5.57. The molecule has 0 amide bonds. The molecule has 0 radical (unpaired) electrons. The second-order valence-corrected chi connectivity index (χ2v) is 2.86.